The molecule has 1 atom stereocenters. The van der Waals surface area contributed by atoms with Gasteiger partial charge in [-0.3, -0.25) is 4.79 Å². The van der Waals surface area contributed by atoms with Crippen molar-refractivity contribution in [2.24, 2.45) is 0 Å². The van der Waals surface area contributed by atoms with Gasteiger partial charge in [0.15, 0.2) is 0 Å². The Hall–Kier alpha value is -2.67. The SMILES string of the molecule is CNc1snc(C)c1C(=O)NC(C)c1ncc(-c2ccccc2)[nH]1. The van der Waals surface area contributed by atoms with Gasteiger partial charge in [0.05, 0.1) is 29.2 Å². The number of benzene rings is 1. The highest BCUT2D eigenvalue weighted by atomic mass is 32.1. The van der Waals surface area contributed by atoms with E-state index < -0.39 is 0 Å². The van der Waals surface area contributed by atoms with E-state index in [4.69, 9.17) is 0 Å². The third-order valence-electron chi connectivity index (χ3n) is 3.75. The Labute approximate surface area is 144 Å². The van der Waals surface area contributed by atoms with Crippen molar-refractivity contribution in [3.05, 3.63) is 53.6 Å². The molecule has 2 heterocycles. The predicted octanol–water partition coefficient (Wildman–Crippen LogP) is 3.37. The van der Waals surface area contributed by atoms with Crippen LogP contribution in [0, 0.1) is 6.92 Å². The lowest BCUT2D eigenvalue weighted by atomic mass is 10.2. The maximum atomic E-state index is 12.5. The molecule has 3 N–H and O–H groups in total. The van der Waals surface area contributed by atoms with Crippen molar-refractivity contribution in [1.29, 1.82) is 0 Å². The van der Waals surface area contributed by atoms with Crippen molar-refractivity contribution in [2.75, 3.05) is 12.4 Å². The lowest BCUT2D eigenvalue weighted by Crippen LogP contribution is -2.28. The molecule has 24 heavy (non-hydrogen) atoms. The highest BCUT2D eigenvalue weighted by molar-refractivity contribution is 7.10. The van der Waals surface area contributed by atoms with Crippen molar-refractivity contribution >= 4 is 22.4 Å². The third kappa shape index (κ3) is 3.16. The average Bonchev–Trinajstić information content (AvgIpc) is 3.22. The van der Waals surface area contributed by atoms with Crippen LogP contribution in [0.15, 0.2) is 36.5 Å². The first-order valence-corrected chi connectivity index (χ1v) is 8.42. The first kappa shape index (κ1) is 16.2. The molecule has 7 heteroatoms. The van der Waals surface area contributed by atoms with Crippen LogP contribution in [0.3, 0.4) is 0 Å². The van der Waals surface area contributed by atoms with Crippen LogP contribution in [-0.4, -0.2) is 27.3 Å². The third-order valence-corrected chi connectivity index (χ3v) is 4.71. The molecule has 1 amide bonds. The number of hydrogen-bond acceptors (Lipinski definition) is 5. The number of hydrogen-bond donors (Lipinski definition) is 3. The quantitative estimate of drug-likeness (QED) is 0.664. The predicted molar refractivity (Wildman–Crippen MR) is 96.3 cm³/mol. The summed E-state index contributed by atoms with van der Waals surface area (Å²) < 4.78 is 4.23. The van der Waals surface area contributed by atoms with Crippen LogP contribution in [0.2, 0.25) is 0 Å². The van der Waals surface area contributed by atoms with Gasteiger partial charge in [0.25, 0.3) is 5.91 Å². The smallest absolute Gasteiger partial charge is 0.256 e. The summed E-state index contributed by atoms with van der Waals surface area (Å²) in [7, 11) is 1.78. The van der Waals surface area contributed by atoms with Crippen LogP contribution >= 0.6 is 11.5 Å². The monoisotopic (exact) mass is 341 g/mol. The molecule has 0 aliphatic carbocycles. The minimum atomic E-state index is -0.237. The molecule has 0 fully saturated rings. The zero-order valence-electron chi connectivity index (χ0n) is 13.8. The fraction of sp³-hybridized carbons (Fsp3) is 0.235. The minimum absolute atomic E-state index is 0.157. The number of H-pyrrole nitrogens is 1. The molecule has 0 aliphatic rings. The molecule has 0 spiro atoms. The summed E-state index contributed by atoms with van der Waals surface area (Å²) in [4.78, 5) is 20.2. The highest BCUT2D eigenvalue weighted by Gasteiger charge is 2.21. The molecule has 3 aromatic rings. The Balaban J connectivity index is 1.76. The summed E-state index contributed by atoms with van der Waals surface area (Å²) >= 11 is 1.28. The standard InChI is InChI=1S/C17H19N5OS/c1-10-14(17(18-3)24-22-10)16(23)20-11(2)15-19-9-13(21-15)12-7-5-4-6-8-12/h4-9,11,18H,1-3H3,(H,19,21)(H,20,23). The van der Waals surface area contributed by atoms with Crippen LogP contribution in [0.5, 0.6) is 0 Å². The molecule has 2 aromatic heterocycles. The number of nitrogens with zero attached hydrogens (tertiary/aromatic N) is 2. The number of carbonyl (C=O) groups excluding carboxylic acids is 1. The summed E-state index contributed by atoms with van der Waals surface area (Å²) in [5, 5.41) is 6.75. The van der Waals surface area contributed by atoms with E-state index in [1.807, 2.05) is 44.2 Å². The van der Waals surface area contributed by atoms with Gasteiger partial charge in [-0.05, 0) is 30.9 Å². The van der Waals surface area contributed by atoms with Crippen molar-refractivity contribution < 1.29 is 4.79 Å². The van der Waals surface area contributed by atoms with Crippen LogP contribution in [0.4, 0.5) is 5.00 Å². The number of amides is 1. The number of aromatic nitrogens is 3. The molecule has 0 aliphatic heterocycles. The Morgan fingerprint density at radius 1 is 1.29 bits per heavy atom. The molecule has 0 radical (unpaired) electrons. The Morgan fingerprint density at radius 3 is 2.75 bits per heavy atom. The van der Waals surface area contributed by atoms with E-state index in [1.54, 1.807) is 13.2 Å². The van der Waals surface area contributed by atoms with E-state index in [0.717, 1.165) is 22.0 Å². The normalized spacial score (nSPS) is 12.0. The van der Waals surface area contributed by atoms with Gasteiger partial charge in [-0.25, -0.2) is 4.98 Å². The second-order valence-corrected chi connectivity index (χ2v) is 6.24. The average molecular weight is 341 g/mol. The summed E-state index contributed by atoms with van der Waals surface area (Å²) in [6.07, 6.45) is 1.78. The van der Waals surface area contributed by atoms with Gasteiger partial charge in [0.2, 0.25) is 0 Å². The highest BCUT2D eigenvalue weighted by Crippen LogP contribution is 2.25. The Bertz CT molecular complexity index is 840. The topological polar surface area (TPSA) is 82.7 Å². The summed E-state index contributed by atoms with van der Waals surface area (Å²) in [6.45, 7) is 3.73. The number of carbonyl (C=O) groups is 1. The van der Waals surface area contributed by atoms with Gasteiger partial charge in [-0.1, -0.05) is 30.3 Å². The number of anilines is 1. The van der Waals surface area contributed by atoms with Gasteiger partial charge in [0.1, 0.15) is 10.8 Å². The maximum absolute atomic E-state index is 12.5. The van der Waals surface area contributed by atoms with Gasteiger partial charge in [-0.2, -0.15) is 4.37 Å². The number of nitrogens with one attached hydrogen (secondary N) is 3. The van der Waals surface area contributed by atoms with Gasteiger partial charge in [-0.15, -0.1) is 0 Å². The summed E-state index contributed by atoms with van der Waals surface area (Å²) in [5.74, 6) is 0.560. The van der Waals surface area contributed by atoms with E-state index in [9.17, 15) is 4.79 Å². The molecular formula is C17H19N5OS. The molecule has 1 unspecified atom stereocenters. The minimum Gasteiger partial charge on any atom is -0.378 e. The van der Waals surface area contributed by atoms with Crippen molar-refractivity contribution in [2.45, 2.75) is 19.9 Å². The largest absolute Gasteiger partial charge is 0.378 e. The number of aryl methyl sites for hydroxylation is 1. The van der Waals surface area contributed by atoms with Crippen LogP contribution in [0.1, 0.15) is 34.8 Å². The molecule has 0 saturated heterocycles. The van der Waals surface area contributed by atoms with E-state index in [1.165, 1.54) is 11.5 Å². The van der Waals surface area contributed by atoms with Gasteiger partial charge >= 0.3 is 0 Å². The zero-order chi connectivity index (χ0) is 17.1. The summed E-state index contributed by atoms with van der Waals surface area (Å²) in [6, 6.07) is 9.72. The van der Waals surface area contributed by atoms with E-state index in [0.29, 0.717) is 11.4 Å². The van der Waals surface area contributed by atoms with E-state index in [2.05, 4.69) is 25.0 Å². The van der Waals surface area contributed by atoms with Crippen LogP contribution in [-0.2, 0) is 0 Å². The second kappa shape index (κ2) is 6.84. The molecule has 1 aromatic carbocycles. The number of aromatic amines is 1. The molecule has 0 bridgehead atoms. The first-order valence-electron chi connectivity index (χ1n) is 7.65. The fourth-order valence-corrected chi connectivity index (χ4v) is 3.21. The summed E-state index contributed by atoms with van der Waals surface area (Å²) in [5.41, 5.74) is 3.30. The van der Waals surface area contributed by atoms with Crippen LogP contribution < -0.4 is 10.6 Å². The van der Waals surface area contributed by atoms with Crippen molar-refractivity contribution in [3.63, 3.8) is 0 Å². The van der Waals surface area contributed by atoms with Gasteiger partial charge in [0, 0.05) is 7.05 Å². The molecule has 124 valence electrons. The number of rotatable bonds is 5. The first-order chi connectivity index (χ1) is 11.6. The maximum Gasteiger partial charge on any atom is 0.256 e. The van der Waals surface area contributed by atoms with E-state index >= 15 is 0 Å². The number of imidazole rings is 1. The lowest BCUT2D eigenvalue weighted by Gasteiger charge is -2.12. The molecule has 6 nitrogen and oxygen atoms in total. The van der Waals surface area contributed by atoms with Crippen molar-refractivity contribution in [1.82, 2.24) is 19.7 Å². The Kier molecular flexibility index (Phi) is 4.61. The Morgan fingerprint density at radius 2 is 2.04 bits per heavy atom. The van der Waals surface area contributed by atoms with Gasteiger partial charge < -0.3 is 15.6 Å². The fourth-order valence-electron chi connectivity index (χ4n) is 2.47. The lowest BCUT2D eigenvalue weighted by molar-refractivity contribution is 0.0939. The van der Waals surface area contributed by atoms with E-state index in [-0.39, 0.29) is 11.9 Å². The molecule has 3 rings (SSSR count). The molecule has 0 saturated carbocycles. The second-order valence-electron chi connectivity index (χ2n) is 5.47. The van der Waals surface area contributed by atoms with Crippen LogP contribution in [0.25, 0.3) is 11.3 Å². The molecular weight excluding hydrogens is 322 g/mol. The van der Waals surface area contributed by atoms with Crippen molar-refractivity contribution in [3.8, 4) is 11.3 Å². The zero-order valence-corrected chi connectivity index (χ0v) is 14.6.